The lowest BCUT2D eigenvalue weighted by Gasteiger charge is -2.24. The minimum atomic E-state index is -4.94. The second-order valence-electron chi connectivity index (χ2n) is 7.56. The molecule has 0 saturated carbocycles. The summed E-state index contributed by atoms with van der Waals surface area (Å²) < 4.78 is 113. The van der Waals surface area contributed by atoms with E-state index < -0.39 is 49.0 Å². The van der Waals surface area contributed by atoms with Gasteiger partial charge in [-0.15, -0.1) is 0 Å². The van der Waals surface area contributed by atoms with E-state index in [2.05, 4.69) is 10.1 Å². The maximum Gasteiger partial charge on any atom is 0.461 e. The average Bonchev–Trinajstić information content (AvgIpc) is 2.80. The highest BCUT2D eigenvalue weighted by Gasteiger charge is 2.44. The van der Waals surface area contributed by atoms with Crippen LogP contribution in [0, 0.1) is 5.82 Å². The van der Waals surface area contributed by atoms with Gasteiger partial charge in [0.25, 0.3) is 0 Å². The van der Waals surface area contributed by atoms with E-state index in [0.717, 1.165) is 24.3 Å². The minimum absolute atomic E-state index is 0.0749. The number of aliphatic hydroxyl groups is 1. The van der Waals surface area contributed by atoms with Gasteiger partial charge in [-0.05, 0) is 59.7 Å². The Morgan fingerprint density at radius 3 is 1.89 bits per heavy atom. The normalized spacial score (nSPS) is 13.9. The van der Waals surface area contributed by atoms with E-state index >= 15 is 0 Å². The van der Waals surface area contributed by atoms with Gasteiger partial charge in [-0.3, -0.25) is 0 Å². The molecule has 0 aliphatic carbocycles. The van der Waals surface area contributed by atoms with Crippen LogP contribution in [0.25, 0.3) is 0 Å². The second kappa shape index (κ2) is 11.1. The van der Waals surface area contributed by atoms with Gasteiger partial charge in [-0.25, -0.2) is 4.39 Å². The Kier molecular flexibility index (Phi) is 8.41. The van der Waals surface area contributed by atoms with Crippen LogP contribution < -0.4 is 14.8 Å². The quantitative estimate of drug-likeness (QED) is 0.301. The van der Waals surface area contributed by atoms with Crippen molar-refractivity contribution in [3.05, 3.63) is 89.7 Å². The molecule has 2 N–H and O–H groups in total. The fourth-order valence-corrected chi connectivity index (χ4v) is 3.13. The molecule has 36 heavy (non-hydrogen) atoms. The Bertz CT molecular complexity index is 1140. The monoisotopic (exact) mass is 521 g/mol. The van der Waals surface area contributed by atoms with Crippen molar-refractivity contribution in [2.45, 2.75) is 30.9 Å². The van der Waals surface area contributed by atoms with Gasteiger partial charge in [0.05, 0.1) is 6.04 Å². The fourth-order valence-electron chi connectivity index (χ4n) is 3.13. The van der Waals surface area contributed by atoms with Crippen LogP contribution in [-0.4, -0.2) is 36.5 Å². The van der Waals surface area contributed by atoms with E-state index in [9.17, 15) is 40.2 Å². The summed E-state index contributed by atoms with van der Waals surface area (Å²) in [4.78, 5) is 0. The molecule has 3 aromatic carbocycles. The van der Waals surface area contributed by atoms with Crippen molar-refractivity contribution in [3.63, 3.8) is 0 Å². The second-order valence-corrected chi connectivity index (χ2v) is 7.56. The third-order valence-electron chi connectivity index (χ3n) is 4.83. The number of nitrogens with one attached hydrogen (secondary N) is 1. The third kappa shape index (κ3) is 7.31. The predicted molar refractivity (Wildman–Crippen MR) is 113 cm³/mol. The van der Waals surface area contributed by atoms with Gasteiger partial charge in [0.1, 0.15) is 23.1 Å². The molecule has 3 aromatic rings. The topological polar surface area (TPSA) is 50.7 Å². The molecular formula is C24H19F8NO3. The largest absolute Gasteiger partial charge is 0.461 e. The van der Waals surface area contributed by atoms with Crippen molar-refractivity contribution in [1.82, 2.24) is 5.32 Å². The molecule has 0 aromatic heterocycles. The molecule has 194 valence electrons. The van der Waals surface area contributed by atoms with Crippen molar-refractivity contribution in [2.24, 2.45) is 0 Å². The summed E-state index contributed by atoms with van der Waals surface area (Å²) in [7, 11) is 0. The average molecular weight is 521 g/mol. The van der Waals surface area contributed by atoms with E-state index in [4.69, 9.17) is 4.74 Å². The van der Waals surface area contributed by atoms with Gasteiger partial charge in [0, 0.05) is 6.54 Å². The Balaban J connectivity index is 1.93. The molecule has 12 heteroatoms. The van der Waals surface area contributed by atoms with Crippen LogP contribution in [0.4, 0.5) is 35.1 Å². The lowest BCUT2D eigenvalue weighted by Crippen LogP contribution is -2.40. The standard InChI is InChI=1S/C24H19F8NO3/c25-16-7-9-17(10-8-16)35-18-5-1-3-14(11-18)21(33-13-20(34)23(28,29)30)15-4-2-6-19(12-15)36-24(31,32)22(26)27/h1-12,20-22,33-34H,13H2/t20-,21?/m1/s1. The number of benzene rings is 3. The summed E-state index contributed by atoms with van der Waals surface area (Å²) in [6, 6.07) is 14.3. The summed E-state index contributed by atoms with van der Waals surface area (Å²) in [5, 5.41) is 11.9. The number of ether oxygens (including phenoxy) is 2. The van der Waals surface area contributed by atoms with Gasteiger partial charge in [0.15, 0.2) is 6.10 Å². The van der Waals surface area contributed by atoms with Crippen molar-refractivity contribution in [1.29, 1.82) is 0 Å². The molecule has 0 radical (unpaired) electrons. The van der Waals surface area contributed by atoms with E-state index in [-0.39, 0.29) is 22.6 Å². The van der Waals surface area contributed by atoms with Crippen LogP contribution in [-0.2, 0) is 0 Å². The molecule has 0 amide bonds. The summed E-state index contributed by atoms with van der Waals surface area (Å²) in [5.74, 6) is -0.683. The molecule has 2 atom stereocenters. The zero-order chi connectivity index (χ0) is 26.5. The molecular weight excluding hydrogens is 502 g/mol. The first-order valence-corrected chi connectivity index (χ1v) is 10.3. The summed E-state index contributed by atoms with van der Waals surface area (Å²) in [5.41, 5.74) is 0.354. The molecule has 3 rings (SSSR count). The fraction of sp³-hybridized carbons (Fsp3) is 0.250. The number of alkyl halides is 7. The zero-order valence-corrected chi connectivity index (χ0v) is 18.2. The highest BCUT2D eigenvalue weighted by molar-refractivity contribution is 5.41. The maximum atomic E-state index is 13.4. The first kappa shape index (κ1) is 27.2. The molecule has 0 fully saturated rings. The Morgan fingerprint density at radius 2 is 1.33 bits per heavy atom. The van der Waals surface area contributed by atoms with Gasteiger partial charge in [0.2, 0.25) is 0 Å². The first-order chi connectivity index (χ1) is 16.8. The zero-order valence-electron chi connectivity index (χ0n) is 18.2. The number of hydrogen-bond donors (Lipinski definition) is 2. The maximum absolute atomic E-state index is 13.4. The minimum Gasteiger partial charge on any atom is -0.457 e. The number of halogens is 8. The molecule has 0 saturated heterocycles. The summed E-state index contributed by atoms with van der Waals surface area (Å²) in [6.45, 7) is -0.977. The van der Waals surface area contributed by atoms with Gasteiger partial charge in [-0.2, -0.15) is 30.7 Å². The highest BCUT2D eigenvalue weighted by atomic mass is 19.4. The van der Waals surface area contributed by atoms with Crippen LogP contribution in [0.1, 0.15) is 17.2 Å². The van der Waals surface area contributed by atoms with Gasteiger partial charge in [-0.1, -0.05) is 24.3 Å². The predicted octanol–water partition coefficient (Wildman–Crippen LogP) is 6.46. The van der Waals surface area contributed by atoms with E-state index in [1.165, 1.54) is 48.5 Å². The van der Waals surface area contributed by atoms with Crippen LogP contribution in [0.3, 0.4) is 0 Å². The molecule has 0 spiro atoms. The molecule has 0 bridgehead atoms. The van der Waals surface area contributed by atoms with Crippen molar-refractivity contribution in [3.8, 4) is 17.2 Å². The highest BCUT2D eigenvalue weighted by Crippen LogP contribution is 2.33. The Hall–Kier alpha value is -3.38. The first-order valence-electron chi connectivity index (χ1n) is 10.3. The molecule has 0 aliphatic rings. The van der Waals surface area contributed by atoms with Crippen molar-refractivity contribution >= 4 is 0 Å². The van der Waals surface area contributed by atoms with E-state index in [1.807, 2.05) is 0 Å². The van der Waals surface area contributed by atoms with Gasteiger partial charge >= 0.3 is 18.7 Å². The Morgan fingerprint density at radius 1 is 0.778 bits per heavy atom. The molecule has 4 nitrogen and oxygen atoms in total. The van der Waals surface area contributed by atoms with Gasteiger partial charge < -0.3 is 19.9 Å². The number of hydrogen-bond acceptors (Lipinski definition) is 4. The Labute approximate surface area is 200 Å². The SMILES string of the molecule is O[C@H](CNC(c1cccc(Oc2ccc(F)cc2)c1)c1cccc(OC(F)(F)C(F)F)c1)C(F)(F)F. The number of aliphatic hydroxyl groups excluding tert-OH is 1. The van der Waals surface area contributed by atoms with Crippen LogP contribution in [0.2, 0.25) is 0 Å². The lowest BCUT2D eigenvalue weighted by atomic mass is 9.98. The van der Waals surface area contributed by atoms with E-state index in [0.29, 0.717) is 0 Å². The van der Waals surface area contributed by atoms with Crippen molar-refractivity contribution < 1.29 is 49.7 Å². The third-order valence-corrected chi connectivity index (χ3v) is 4.83. The summed E-state index contributed by atoms with van der Waals surface area (Å²) >= 11 is 0. The molecule has 0 heterocycles. The van der Waals surface area contributed by atoms with Crippen LogP contribution in [0.5, 0.6) is 17.2 Å². The van der Waals surface area contributed by atoms with Crippen LogP contribution in [0.15, 0.2) is 72.8 Å². The van der Waals surface area contributed by atoms with E-state index in [1.54, 1.807) is 0 Å². The lowest BCUT2D eigenvalue weighted by molar-refractivity contribution is -0.253. The van der Waals surface area contributed by atoms with Crippen molar-refractivity contribution in [2.75, 3.05) is 6.54 Å². The smallest absolute Gasteiger partial charge is 0.457 e. The molecule has 0 aliphatic heterocycles. The summed E-state index contributed by atoms with van der Waals surface area (Å²) in [6.07, 6.45) is -16.6. The van der Waals surface area contributed by atoms with Crippen LogP contribution >= 0.6 is 0 Å². The molecule has 1 unspecified atom stereocenters. The number of rotatable bonds is 10.